The number of nitrogens with one attached hydrogen (secondary N) is 1. The van der Waals surface area contributed by atoms with Gasteiger partial charge in [0.2, 0.25) is 17.7 Å². The second kappa shape index (κ2) is 9.84. The van der Waals surface area contributed by atoms with Gasteiger partial charge >= 0.3 is 5.97 Å². The molecular formula is C15H17N3O5S2. The van der Waals surface area contributed by atoms with E-state index in [1.165, 1.54) is 22.9 Å². The smallest absolute Gasteiger partial charge is 0.333 e. The molecule has 0 saturated carbocycles. The van der Waals surface area contributed by atoms with Crippen molar-refractivity contribution in [2.75, 3.05) is 12.3 Å². The highest BCUT2D eigenvalue weighted by Gasteiger charge is 2.13. The third-order valence-electron chi connectivity index (χ3n) is 2.84. The fraction of sp³-hybridized carbons (Fsp3) is 0.267. The molecule has 2 heterocycles. The van der Waals surface area contributed by atoms with Crippen molar-refractivity contribution in [3.05, 3.63) is 36.5 Å². The van der Waals surface area contributed by atoms with Gasteiger partial charge in [0.15, 0.2) is 0 Å². The zero-order valence-electron chi connectivity index (χ0n) is 13.1. The van der Waals surface area contributed by atoms with E-state index >= 15 is 0 Å². The van der Waals surface area contributed by atoms with E-state index in [1.54, 1.807) is 17.0 Å². The van der Waals surface area contributed by atoms with Gasteiger partial charge in [0.1, 0.15) is 5.03 Å². The molecule has 2 rings (SSSR count). The third kappa shape index (κ3) is 6.59. The molecule has 0 bridgehead atoms. The summed E-state index contributed by atoms with van der Waals surface area (Å²) in [5, 5.41) is 22.3. The van der Waals surface area contributed by atoms with Gasteiger partial charge in [-0.05, 0) is 22.9 Å². The zero-order chi connectivity index (χ0) is 18.1. The lowest BCUT2D eigenvalue weighted by Crippen LogP contribution is -2.27. The normalized spacial score (nSPS) is 10.4. The summed E-state index contributed by atoms with van der Waals surface area (Å²) in [5.41, 5.74) is 0. The van der Waals surface area contributed by atoms with Gasteiger partial charge in [-0.2, -0.15) is 0 Å². The predicted molar refractivity (Wildman–Crippen MR) is 94.1 cm³/mol. The minimum absolute atomic E-state index is 0.0420. The molecule has 0 saturated heterocycles. The summed E-state index contributed by atoms with van der Waals surface area (Å²) in [6, 6.07) is 8.01. The lowest BCUT2D eigenvalue weighted by atomic mass is 10.3. The van der Waals surface area contributed by atoms with Crippen molar-refractivity contribution >= 4 is 33.5 Å². The molecule has 0 unspecified atom stereocenters. The Labute approximate surface area is 151 Å². The van der Waals surface area contributed by atoms with Gasteiger partial charge in [0.05, 0.1) is 6.42 Å². The molecule has 0 aliphatic heterocycles. The average molecular weight is 383 g/mol. The topological polar surface area (TPSA) is 114 Å². The maximum absolute atomic E-state index is 11.7. The number of carbonyl (C=O) groups excluding carboxylic acids is 2. The van der Waals surface area contributed by atoms with E-state index in [0.717, 1.165) is 5.03 Å². The van der Waals surface area contributed by atoms with Crippen LogP contribution < -0.4 is 10.2 Å². The van der Waals surface area contributed by atoms with Crippen LogP contribution in [0.1, 0.15) is 12.8 Å². The Morgan fingerprint density at radius 1 is 1.16 bits per heavy atom. The van der Waals surface area contributed by atoms with E-state index in [1.807, 2.05) is 18.2 Å². The first-order chi connectivity index (χ1) is 12.1. The Morgan fingerprint density at radius 3 is 2.60 bits per heavy atom. The van der Waals surface area contributed by atoms with Crippen molar-refractivity contribution in [1.29, 1.82) is 0 Å². The van der Waals surface area contributed by atoms with E-state index in [2.05, 4.69) is 10.3 Å². The number of pyridine rings is 1. The van der Waals surface area contributed by atoms with Gasteiger partial charge in [0.25, 0.3) is 0 Å². The molecule has 0 aliphatic carbocycles. The number of rotatable bonds is 9. The van der Waals surface area contributed by atoms with Crippen molar-refractivity contribution < 1.29 is 24.6 Å². The molecule has 0 spiro atoms. The van der Waals surface area contributed by atoms with Crippen LogP contribution >= 0.6 is 21.6 Å². The van der Waals surface area contributed by atoms with Gasteiger partial charge < -0.3 is 20.4 Å². The Balaban J connectivity index is 1.57. The lowest BCUT2D eigenvalue weighted by molar-refractivity contribution is -0.146. The van der Waals surface area contributed by atoms with E-state index in [4.69, 9.17) is 4.84 Å². The third-order valence-corrected chi connectivity index (χ3v) is 5.10. The fourth-order valence-electron chi connectivity index (χ4n) is 1.68. The standard InChI is InChI=1S/C15H17N3O5S2/c19-11(16-9-10-24-25-12-3-1-2-8-17-12)4-7-15(22)23-18-13(20)5-6-14(18)21/h1-3,5-6,8,20-21H,4,7,9-10H2,(H,16,19). The molecule has 0 radical (unpaired) electrons. The van der Waals surface area contributed by atoms with E-state index < -0.39 is 17.7 Å². The Bertz CT molecular complexity index is 689. The largest absolute Gasteiger partial charge is 0.492 e. The van der Waals surface area contributed by atoms with Crippen molar-refractivity contribution in [1.82, 2.24) is 15.0 Å². The quantitative estimate of drug-likeness (QED) is 0.442. The number of hydrogen-bond acceptors (Lipinski definition) is 8. The first kappa shape index (κ1) is 19.0. The van der Waals surface area contributed by atoms with E-state index in [-0.39, 0.29) is 18.7 Å². The molecule has 134 valence electrons. The summed E-state index contributed by atoms with van der Waals surface area (Å²) in [6.07, 6.45) is 1.51. The van der Waals surface area contributed by atoms with Crippen LogP contribution in [0.2, 0.25) is 0 Å². The summed E-state index contributed by atoms with van der Waals surface area (Å²) in [6.45, 7) is 0.470. The Kier molecular flexibility index (Phi) is 7.48. The number of aromatic hydroxyl groups is 2. The second-order valence-electron chi connectivity index (χ2n) is 4.73. The molecule has 10 heteroatoms. The summed E-state index contributed by atoms with van der Waals surface area (Å²) in [7, 11) is 3.09. The molecule has 8 nitrogen and oxygen atoms in total. The summed E-state index contributed by atoms with van der Waals surface area (Å²) in [5.74, 6) is -1.13. The second-order valence-corrected chi connectivity index (χ2v) is 7.17. The number of amides is 1. The monoisotopic (exact) mass is 383 g/mol. The van der Waals surface area contributed by atoms with Crippen LogP contribution in [0.25, 0.3) is 0 Å². The predicted octanol–water partition coefficient (Wildman–Crippen LogP) is 1.59. The Morgan fingerprint density at radius 2 is 1.92 bits per heavy atom. The molecule has 0 atom stereocenters. The molecule has 0 aliphatic rings. The highest BCUT2D eigenvalue weighted by Crippen LogP contribution is 2.28. The molecule has 1 amide bonds. The maximum Gasteiger partial charge on any atom is 0.333 e. The van der Waals surface area contributed by atoms with Crippen molar-refractivity contribution in [2.24, 2.45) is 0 Å². The summed E-state index contributed by atoms with van der Waals surface area (Å²) < 4.78 is 0.589. The molecule has 2 aromatic rings. The van der Waals surface area contributed by atoms with Crippen LogP contribution in [0.3, 0.4) is 0 Å². The van der Waals surface area contributed by atoms with Crippen LogP contribution in [0.15, 0.2) is 41.6 Å². The van der Waals surface area contributed by atoms with Gasteiger partial charge in [-0.15, -0.1) is 4.73 Å². The van der Waals surface area contributed by atoms with Gasteiger partial charge in [-0.1, -0.05) is 16.9 Å². The highest BCUT2D eigenvalue weighted by atomic mass is 33.1. The number of nitrogens with zero attached hydrogens (tertiary/aromatic N) is 2. The van der Waals surface area contributed by atoms with Gasteiger partial charge in [-0.25, -0.2) is 9.78 Å². The van der Waals surface area contributed by atoms with Crippen LogP contribution in [-0.2, 0) is 9.59 Å². The highest BCUT2D eigenvalue weighted by molar-refractivity contribution is 8.76. The first-order valence-electron chi connectivity index (χ1n) is 7.34. The van der Waals surface area contributed by atoms with Crippen molar-refractivity contribution in [3.63, 3.8) is 0 Å². The van der Waals surface area contributed by atoms with E-state index in [9.17, 15) is 19.8 Å². The minimum Gasteiger partial charge on any atom is -0.492 e. The summed E-state index contributed by atoms with van der Waals surface area (Å²) in [4.78, 5) is 32.2. The number of aromatic nitrogens is 2. The van der Waals surface area contributed by atoms with Gasteiger partial charge in [-0.3, -0.25) is 4.79 Å². The van der Waals surface area contributed by atoms with Crippen molar-refractivity contribution in [2.45, 2.75) is 17.9 Å². The van der Waals surface area contributed by atoms with E-state index in [0.29, 0.717) is 17.0 Å². The average Bonchev–Trinajstić information content (AvgIpc) is 2.92. The fourth-order valence-corrected chi connectivity index (χ4v) is 3.46. The number of hydrogen-bond donors (Lipinski definition) is 3. The van der Waals surface area contributed by atoms with Crippen LogP contribution in [-0.4, -0.2) is 44.1 Å². The number of carbonyl (C=O) groups is 2. The molecule has 2 aromatic heterocycles. The lowest BCUT2D eigenvalue weighted by Gasteiger charge is -2.07. The maximum atomic E-state index is 11.7. The van der Waals surface area contributed by atoms with Gasteiger partial charge in [0, 0.05) is 37.0 Å². The minimum atomic E-state index is -0.739. The Hall–Kier alpha value is -2.33. The molecule has 3 N–H and O–H groups in total. The van der Waals surface area contributed by atoms with Crippen LogP contribution in [0.5, 0.6) is 11.8 Å². The zero-order valence-corrected chi connectivity index (χ0v) is 14.8. The first-order valence-corrected chi connectivity index (χ1v) is 9.66. The van der Waals surface area contributed by atoms with Crippen LogP contribution in [0, 0.1) is 0 Å². The molecule has 0 fully saturated rings. The SMILES string of the molecule is O=C(CCC(=O)On1c(O)ccc1O)NCCSSc1ccccn1. The molecular weight excluding hydrogens is 366 g/mol. The van der Waals surface area contributed by atoms with Crippen LogP contribution in [0.4, 0.5) is 0 Å². The molecule has 0 aromatic carbocycles. The van der Waals surface area contributed by atoms with Crippen molar-refractivity contribution in [3.8, 4) is 11.8 Å². The summed E-state index contributed by atoms with van der Waals surface area (Å²) >= 11 is 0. The molecule has 25 heavy (non-hydrogen) atoms.